The van der Waals surface area contributed by atoms with Crippen LogP contribution in [0.15, 0.2) is 12.2 Å². The highest BCUT2D eigenvalue weighted by Crippen LogP contribution is 2.20. The summed E-state index contributed by atoms with van der Waals surface area (Å²) >= 11 is 0. The number of hydrogen-bond donors (Lipinski definition) is 1. The summed E-state index contributed by atoms with van der Waals surface area (Å²) in [6.07, 6.45) is 0.668. The molecule has 0 rings (SSSR count). The lowest BCUT2D eigenvalue weighted by molar-refractivity contribution is -0.139. The molecule has 0 aromatic rings. The van der Waals surface area contributed by atoms with Gasteiger partial charge in [0.25, 0.3) is 0 Å². The zero-order chi connectivity index (χ0) is 15.1. The Hall–Kier alpha value is -1.06. The number of ether oxygens (including phenoxy) is 2. The van der Waals surface area contributed by atoms with E-state index < -0.39 is 27.9 Å². The van der Waals surface area contributed by atoms with Gasteiger partial charge in [-0.1, -0.05) is 6.58 Å². The summed E-state index contributed by atoms with van der Waals surface area (Å²) in [7, 11) is -5.46. The van der Waals surface area contributed by atoms with E-state index in [1.54, 1.807) is 0 Å². The molecule has 9 heteroatoms. The molecule has 0 aliphatic heterocycles. The van der Waals surface area contributed by atoms with Gasteiger partial charge in [0, 0.05) is 12.2 Å². The predicted octanol–water partition coefficient (Wildman–Crippen LogP) is 1.38. The molecule has 0 unspecified atom stereocenters. The molecule has 6 nitrogen and oxygen atoms in total. The summed E-state index contributed by atoms with van der Waals surface area (Å²) < 4.78 is 63.1. The van der Waals surface area contributed by atoms with Gasteiger partial charge in [-0.05, 0) is 19.8 Å². The molecular formula is C10H16F2O6S. The lowest BCUT2D eigenvalue weighted by atomic mass is 10.3. The third-order valence-corrected chi connectivity index (χ3v) is 2.78. The number of esters is 1. The minimum Gasteiger partial charge on any atom is -0.462 e. The van der Waals surface area contributed by atoms with Gasteiger partial charge in [0.1, 0.15) is 6.61 Å². The summed E-state index contributed by atoms with van der Waals surface area (Å²) in [4.78, 5) is 10.9. The van der Waals surface area contributed by atoms with E-state index in [-0.39, 0.29) is 18.8 Å². The fourth-order valence-corrected chi connectivity index (χ4v) is 1.09. The molecule has 0 fully saturated rings. The van der Waals surface area contributed by atoms with Crippen LogP contribution in [-0.4, -0.2) is 44.0 Å². The number of halogens is 2. The van der Waals surface area contributed by atoms with Crippen LogP contribution in [0.4, 0.5) is 8.78 Å². The number of alkyl halides is 2. The monoisotopic (exact) mass is 302 g/mol. The van der Waals surface area contributed by atoms with Crippen molar-refractivity contribution in [3.05, 3.63) is 12.2 Å². The van der Waals surface area contributed by atoms with Crippen molar-refractivity contribution in [3.8, 4) is 0 Å². The van der Waals surface area contributed by atoms with Gasteiger partial charge in [0.05, 0.1) is 6.61 Å². The molecular weight excluding hydrogens is 286 g/mol. The summed E-state index contributed by atoms with van der Waals surface area (Å²) in [5.74, 6) is -0.543. The fraction of sp³-hybridized carbons (Fsp3) is 0.700. The number of carbonyl (C=O) groups excluding carboxylic acids is 1. The first-order valence-electron chi connectivity index (χ1n) is 5.33. The van der Waals surface area contributed by atoms with Crippen LogP contribution in [0.5, 0.6) is 0 Å². The van der Waals surface area contributed by atoms with Crippen LogP contribution < -0.4 is 0 Å². The second-order valence-corrected chi connectivity index (χ2v) is 5.34. The number of hydrogen-bond acceptors (Lipinski definition) is 5. The lowest BCUT2D eigenvalue weighted by Gasteiger charge is -2.12. The molecule has 19 heavy (non-hydrogen) atoms. The van der Waals surface area contributed by atoms with Gasteiger partial charge in [0.15, 0.2) is 0 Å². The Morgan fingerprint density at radius 1 is 1.32 bits per heavy atom. The minimum absolute atomic E-state index is 0.0870. The molecule has 0 radical (unpaired) electrons. The Kier molecular flexibility index (Phi) is 7.09. The van der Waals surface area contributed by atoms with E-state index in [2.05, 4.69) is 11.3 Å². The van der Waals surface area contributed by atoms with Crippen molar-refractivity contribution in [2.75, 3.05) is 19.8 Å². The molecule has 1 N–H and O–H groups in total. The Morgan fingerprint density at radius 3 is 2.32 bits per heavy atom. The van der Waals surface area contributed by atoms with E-state index >= 15 is 0 Å². The Morgan fingerprint density at radius 2 is 1.84 bits per heavy atom. The van der Waals surface area contributed by atoms with Crippen LogP contribution in [0.1, 0.15) is 19.8 Å². The van der Waals surface area contributed by atoms with Gasteiger partial charge in [-0.2, -0.15) is 17.2 Å². The topological polar surface area (TPSA) is 89.9 Å². The fourth-order valence-electron chi connectivity index (χ4n) is 0.860. The van der Waals surface area contributed by atoms with E-state index in [0.717, 1.165) is 0 Å². The van der Waals surface area contributed by atoms with Crippen LogP contribution in [0.25, 0.3) is 0 Å². The number of rotatable bonds is 9. The third kappa shape index (κ3) is 7.19. The van der Waals surface area contributed by atoms with Crippen molar-refractivity contribution in [1.29, 1.82) is 0 Å². The SMILES string of the molecule is C=C(C)C(=O)OCCCCOCC(F)(F)S(=O)(=O)O. The van der Waals surface area contributed by atoms with Gasteiger partial charge in [-0.25, -0.2) is 4.79 Å². The molecule has 0 saturated carbocycles. The average molecular weight is 302 g/mol. The summed E-state index contributed by atoms with van der Waals surface area (Å²) in [5, 5.41) is -4.32. The number of carbonyl (C=O) groups is 1. The maximum Gasteiger partial charge on any atom is 0.392 e. The smallest absolute Gasteiger partial charge is 0.392 e. The van der Waals surface area contributed by atoms with Crippen LogP contribution in [0, 0.1) is 0 Å². The minimum atomic E-state index is -5.46. The van der Waals surface area contributed by atoms with E-state index in [9.17, 15) is 22.0 Å². The normalized spacial score (nSPS) is 12.2. The van der Waals surface area contributed by atoms with Crippen molar-refractivity contribution in [3.63, 3.8) is 0 Å². The third-order valence-electron chi connectivity index (χ3n) is 1.91. The van der Waals surface area contributed by atoms with Crippen molar-refractivity contribution in [1.82, 2.24) is 0 Å². The van der Waals surface area contributed by atoms with E-state index in [1.807, 2.05) is 0 Å². The van der Waals surface area contributed by atoms with Crippen LogP contribution in [-0.2, 0) is 24.4 Å². The second-order valence-electron chi connectivity index (χ2n) is 3.79. The number of unbranched alkanes of at least 4 members (excludes halogenated alkanes) is 1. The maximum atomic E-state index is 12.7. The van der Waals surface area contributed by atoms with E-state index in [4.69, 9.17) is 9.29 Å². The summed E-state index contributed by atoms with van der Waals surface area (Å²) in [5.41, 5.74) is 0.254. The van der Waals surface area contributed by atoms with E-state index in [1.165, 1.54) is 6.92 Å². The van der Waals surface area contributed by atoms with Gasteiger partial charge in [-0.15, -0.1) is 0 Å². The molecule has 0 aliphatic rings. The summed E-state index contributed by atoms with van der Waals surface area (Å²) in [6, 6.07) is 0. The molecule has 0 aromatic carbocycles. The Bertz CT molecular complexity index is 418. The largest absolute Gasteiger partial charge is 0.462 e. The van der Waals surface area contributed by atoms with Gasteiger partial charge in [0.2, 0.25) is 0 Å². The molecule has 0 heterocycles. The van der Waals surface area contributed by atoms with E-state index in [0.29, 0.717) is 12.8 Å². The first-order valence-corrected chi connectivity index (χ1v) is 6.77. The molecule has 0 atom stereocenters. The Labute approximate surface area is 110 Å². The molecule has 0 bridgehead atoms. The van der Waals surface area contributed by atoms with Gasteiger partial charge >= 0.3 is 21.3 Å². The molecule has 0 aliphatic carbocycles. The zero-order valence-electron chi connectivity index (χ0n) is 10.4. The van der Waals surface area contributed by atoms with Crippen LogP contribution in [0.2, 0.25) is 0 Å². The second kappa shape index (κ2) is 7.51. The highest BCUT2D eigenvalue weighted by atomic mass is 32.2. The zero-order valence-corrected chi connectivity index (χ0v) is 11.2. The highest BCUT2D eigenvalue weighted by Gasteiger charge is 2.44. The first-order chi connectivity index (χ1) is 8.58. The van der Waals surface area contributed by atoms with Gasteiger partial charge < -0.3 is 9.47 Å². The van der Waals surface area contributed by atoms with Crippen molar-refractivity contribution in [2.45, 2.75) is 25.0 Å². The van der Waals surface area contributed by atoms with Crippen LogP contribution in [0.3, 0.4) is 0 Å². The molecule has 0 spiro atoms. The van der Waals surface area contributed by atoms with Crippen molar-refractivity contribution < 1.29 is 36.0 Å². The van der Waals surface area contributed by atoms with Crippen molar-refractivity contribution >= 4 is 16.1 Å². The first kappa shape index (κ1) is 17.9. The predicted molar refractivity (Wildman–Crippen MR) is 62.3 cm³/mol. The highest BCUT2D eigenvalue weighted by molar-refractivity contribution is 7.86. The molecule has 0 aromatic heterocycles. The van der Waals surface area contributed by atoms with Crippen LogP contribution >= 0.6 is 0 Å². The summed E-state index contributed by atoms with van der Waals surface area (Å²) in [6.45, 7) is 3.38. The average Bonchev–Trinajstić information content (AvgIpc) is 2.25. The molecule has 112 valence electrons. The molecule has 0 amide bonds. The standard InChI is InChI=1S/C10H16F2O6S/c1-8(2)9(13)18-6-4-3-5-17-7-10(11,12)19(14,15)16/h1,3-7H2,2H3,(H,14,15,16). The van der Waals surface area contributed by atoms with Gasteiger partial charge in [-0.3, -0.25) is 4.55 Å². The Balaban J connectivity index is 3.68. The molecule has 0 saturated heterocycles. The maximum absolute atomic E-state index is 12.7. The van der Waals surface area contributed by atoms with Crippen molar-refractivity contribution in [2.24, 2.45) is 0 Å². The lowest BCUT2D eigenvalue weighted by Crippen LogP contribution is -2.33. The quantitative estimate of drug-likeness (QED) is 0.299.